The topological polar surface area (TPSA) is 174 Å². The minimum atomic E-state index is -6.09. The summed E-state index contributed by atoms with van der Waals surface area (Å²) in [6, 6.07) is 3.11. The first-order valence-corrected chi connectivity index (χ1v) is 8.15. The van der Waals surface area contributed by atoms with Gasteiger partial charge in [-0.25, -0.2) is 8.42 Å². The summed E-state index contributed by atoms with van der Waals surface area (Å²) in [5.74, 6) is -0.601. The number of alkyl halides is 3. The number of amides is 1. The standard InChI is InChI=1S/C11H14N2O5.CHF3O3S/c12-10(17)6-2-1-3-13(4-6)11-9(16)8(15)7(5-14)18-11;2-1(3,4)8(5,6)7/h1-4,7-9,11,14-16H,5H2,(H-,12,17);(H,5,6,7)/i5+1,7+1,8+1,9+1,11+1,12+1;. The molecule has 148 valence electrons. The molecule has 4 atom stereocenters. The second kappa shape index (κ2) is 8.24. The van der Waals surface area contributed by atoms with Crippen LogP contribution in [0, 0.1) is 0 Å². The van der Waals surface area contributed by atoms with E-state index in [4.69, 9.17) is 28.5 Å². The van der Waals surface area contributed by atoms with E-state index in [0.717, 1.165) is 0 Å². The van der Waals surface area contributed by atoms with Crippen LogP contribution >= 0.6 is 0 Å². The maximum atomic E-state index is 11.1. The summed E-state index contributed by atoms with van der Waals surface area (Å²) in [6.45, 7) is -0.398. The monoisotopic (exact) mass is 410 g/mol. The third-order valence-electron chi connectivity index (χ3n) is 3.20. The summed E-state index contributed by atoms with van der Waals surface area (Å²) in [5.41, 5.74) is -0.235. The Hall–Kier alpha value is -1.84. The Morgan fingerprint density at radius 3 is 2.27 bits per heavy atom. The number of hydrogen-bond acceptors (Lipinski definition) is 8. The highest BCUT2D eigenvalue weighted by atomic mass is 32.2. The van der Waals surface area contributed by atoms with Crippen molar-refractivity contribution in [2.45, 2.75) is 30.0 Å². The summed E-state index contributed by atoms with van der Waals surface area (Å²) in [4.78, 5) is 11.1. The Kier molecular flexibility index (Phi) is 7.03. The van der Waals surface area contributed by atoms with Gasteiger partial charge >= 0.3 is 5.51 Å². The summed E-state index contributed by atoms with van der Waals surface area (Å²) in [7, 11) is -6.09. The van der Waals surface area contributed by atoms with Crippen molar-refractivity contribution >= 4 is 16.0 Å². The number of halogens is 3. The predicted molar refractivity (Wildman–Crippen MR) is 73.9 cm³/mol. The van der Waals surface area contributed by atoms with Crippen molar-refractivity contribution in [2.75, 3.05) is 6.61 Å². The van der Waals surface area contributed by atoms with Crippen molar-refractivity contribution in [3.05, 3.63) is 30.1 Å². The molecule has 4 unspecified atom stereocenters. The highest BCUT2D eigenvalue weighted by Gasteiger charge is 2.47. The van der Waals surface area contributed by atoms with E-state index in [-0.39, 0.29) is 5.56 Å². The SMILES string of the molecule is O=S(=O)([O-])C(F)(F)F.[15NH2]C(=O)c1ccc[n+]([13CH]2O[13CH]([13CH2]O)[13CH](O)[13CH]2O)c1. The summed E-state index contributed by atoms with van der Waals surface area (Å²) in [6.07, 6.45) is -1.08. The molecular weight excluding hydrogens is 395 g/mol. The van der Waals surface area contributed by atoms with Crippen LogP contribution in [-0.2, 0) is 14.9 Å². The predicted octanol–water partition coefficient (Wildman–Crippen LogP) is -2.26. The molecule has 14 heteroatoms. The lowest BCUT2D eigenvalue weighted by molar-refractivity contribution is -0.765. The molecule has 1 amide bonds. The lowest BCUT2D eigenvalue weighted by Gasteiger charge is -2.09. The van der Waals surface area contributed by atoms with Gasteiger partial charge in [0, 0.05) is 6.07 Å². The van der Waals surface area contributed by atoms with Gasteiger partial charge < -0.3 is 30.3 Å². The lowest BCUT2D eigenvalue weighted by Crippen LogP contribution is -2.46. The number of nitrogens with two attached hydrogens (primary N) is 1. The molecule has 1 aromatic heterocycles. The van der Waals surface area contributed by atoms with Crippen LogP contribution < -0.4 is 10.3 Å². The third kappa shape index (κ3) is 5.33. The molecule has 0 radical (unpaired) electrons. The molecule has 0 aromatic carbocycles. The zero-order valence-electron chi connectivity index (χ0n) is 12.8. The number of rotatable bonds is 3. The van der Waals surface area contributed by atoms with Crippen LogP contribution in [0.2, 0.25) is 0 Å². The maximum Gasteiger partial charge on any atom is 0.485 e. The zero-order chi connectivity index (χ0) is 20.3. The number of aromatic nitrogens is 1. The molecule has 2 rings (SSSR count). The van der Waals surface area contributed by atoms with Gasteiger partial charge in [0.2, 0.25) is 0 Å². The normalized spacial score (nSPS) is 26.1. The minimum Gasteiger partial charge on any atom is -0.741 e. The van der Waals surface area contributed by atoms with Gasteiger partial charge in [-0.2, -0.15) is 17.7 Å². The molecule has 0 bridgehead atoms. The fourth-order valence-corrected chi connectivity index (χ4v) is 1.92. The summed E-state index contributed by atoms with van der Waals surface area (Å²) < 4.78 is 65.7. The fraction of sp³-hybridized carbons (Fsp3) is 0.500. The highest BCUT2D eigenvalue weighted by Crippen LogP contribution is 2.25. The van der Waals surface area contributed by atoms with Crippen LogP contribution in [0.25, 0.3) is 0 Å². The quantitative estimate of drug-likeness (QED) is 0.142. The Labute approximate surface area is 145 Å². The van der Waals surface area contributed by atoms with E-state index >= 15 is 0 Å². The first-order chi connectivity index (χ1) is 11.8. The number of nitrogens with zero attached hydrogens (tertiary/aromatic N) is 1. The molecule has 0 saturated carbocycles. The molecule has 1 saturated heterocycles. The van der Waals surface area contributed by atoms with E-state index < -0.39 is 52.7 Å². The molecule has 26 heavy (non-hydrogen) atoms. The third-order valence-corrected chi connectivity index (χ3v) is 3.77. The van der Waals surface area contributed by atoms with Crippen molar-refractivity contribution < 1.29 is 55.6 Å². The molecule has 0 spiro atoms. The van der Waals surface area contributed by atoms with Gasteiger partial charge in [-0.05, 0) is 6.07 Å². The van der Waals surface area contributed by atoms with Gasteiger partial charge in [-0.3, -0.25) is 4.79 Å². The van der Waals surface area contributed by atoms with Crippen LogP contribution in [0.3, 0.4) is 0 Å². The summed E-state index contributed by atoms with van der Waals surface area (Å²) >= 11 is 0. The fourth-order valence-electron chi connectivity index (χ4n) is 1.92. The smallest absolute Gasteiger partial charge is 0.485 e. The van der Waals surface area contributed by atoms with Crippen molar-refractivity contribution in [1.29, 1.82) is 0 Å². The average Bonchev–Trinajstić information content (AvgIpc) is 2.81. The molecule has 1 fully saturated rings. The molecule has 0 aliphatic carbocycles. The molecule has 10 nitrogen and oxygen atoms in total. The van der Waals surface area contributed by atoms with Crippen molar-refractivity contribution in [1.82, 2.24) is 0 Å². The average molecular weight is 410 g/mol. The maximum absolute atomic E-state index is 11.1. The Balaban J connectivity index is 0.000000359. The number of carbonyl (C=O) groups is 1. The first-order valence-electron chi connectivity index (χ1n) is 6.74. The summed E-state index contributed by atoms with van der Waals surface area (Å²) in [5, 5.41) is 28.4. The van der Waals surface area contributed by atoms with E-state index in [0.29, 0.717) is 0 Å². The molecule has 1 aliphatic heterocycles. The molecule has 5 N–H and O–H groups in total. The van der Waals surface area contributed by atoms with Crippen molar-refractivity contribution in [3.63, 3.8) is 0 Å². The number of aliphatic hydroxyl groups is 3. The molecule has 1 aromatic rings. The first kappa shape index (κ1) is 22.2. The van der Waals surface area contributed by atoms with Crippen LogP contribution in [-0.4, -0.2) is 64.6 Å². The number of primary amides is 1. The largest absolute Gasteiger partial charge is 0.741 e. The highest BCUT2D eigenvalue weighted by molar-refractivity contribution is 7.86. The van der Waals surface area contributed by atoms with Gasteiger partial charge in [0.05, 0.1) is 6.61 Å². The Bertz CT molecular complexity index is 742. The number of aliphatic hydroxyl groups excluding tert-OH is 3. The Morgan fingerprint density at radius 1 is 1.35 bits per heavy atom. The van der Waals surface area contributed by atoms with Crippen LogP contribution in [0.1, 0.15) is 16.6 Å². The van der Waals surface area contributed by atoms with E-state index in [1.807, 2.05) is 0 Å². The van der Waals surface area contributed by atoms with Gasteiger partial charge in [0.1, 0.15) is 17.8 Å². The van der Waals surface area contributed by atoms with Crippen LogP contribution in [0.15, 0.2) is 24.5 Å². The Morgan fingerprint density at radius 2 is 1.88 bits per heavy atom. The van der Waals surface area contributed by atoms with Gasteiger partial charge in [0.15, 0.2) is 28.6 Å². The van der Waals surface area contributed by atoms with Crippen molar-refractivity contribution in [2.24, 2.45) is 5.73 Å². The molecule has 1 aliphatic rings. The van der Waals surface area contributed by atoms with Crippen LogP contribution in [0.4, 0.5) is 13.2 Å². The second-order valence-corrected chi connectivity index (χ2v) is 6.40. The minimum absolute atomic E-state index is 0.259. The number of pyridine rings is 1. The number of carbonyl (C=O) groups excluding carboxylic acids is 1. The zero-order valence-corrected chi connectivity index (χ0v) is 13.6. The number of hydrogen-bond donors (Lipinski definition) is 4. The molecular formula is C12H15F3N2O8S. The van der Waals surface area contributed by atoms with Gasteiger partial charge in [-0.1, -0.05) is 0 Å². The number of ether oxygens (including phenoxy) is 1. The van der Waals surface area contributed by atoms with Gasteiger partial charge in [-0.15, -0.1) is 0 Å². The lowest BCUT2D eigenvalue weighted by atomic mass is 10.3. The van der Waals surface area contributed by atoms with E-state index in [2.05, 4.69) is 0 Å². The van der Waals surface area contributed by atoms with E-state index in [9.17, 15) is 28.2 Å². The van der Waals surface area contributed by atoms with Crippen molar-refractivity contribution in [3.8, 4) is 0 Å². The molecule has 2 heterocycles. The van der Waals surface area contributed by atoms with E-state index in [1.54, 1.807) is 12.3 Å². The van der Waals surface area contributed by atoms with Crippen LogP contribution in [0.5, 0.6) is 0 Å². The van der Waals surface area contributed by atoms with Gasteiger partial charge in [0.25, 0.3) is 12.1 Å². The van der Waals surface area contributed by atoms with E-state index in [1.165, 1.54) is 16.8 Å². The second-order valence-electron chi connectivity index (χ2n) is 5.03.